The third-order valence-electron chi connectivity index (χ3n) is 6.47. The molecule has 0 radical (unpaired) electrons. The second kappa shape index (κ2) is 20.5. The number of carbonyl (C=O) groups excluding carboxylic acids is 2. The van der Waals surface area contributed by atoms with Crippen LogP contribution in [0.1, 0.15) is 77.6 Å². The molecule has 5 N–H and O–H groups in total. The molecule has 0 heterocycles. The lowest BCUT2D eigenvalue weighted by Crippen LogP contribution is -2.50. The van der Waals surface area contributed by atoms with Crippen LogP contribution in [0.5, 0.6) is 0 Å². The Morgan fingerprint density at radius 2 is 1.10 bits per heavy atom. The molecule has 0 aliphatic carbocycles. The van der Waals surface area contributed by atoms with Gasteiger partial charge in [0.2, 0.25) is 0 Å². The lowest BCUT2D eigenvalue weighted by atomic mass is 10.00. The van der Waals surface area contributed by atoms with E-state index in [0.29, 0.717) is 36.4 Å². The van der Waals surface area contributed by atoms with Crippen molar-refractivity contribution < 1.29 is 29.3 Å². The van der Waals surface area contributed by atoms with Crippen molar-refractivity contribution in [1.82, 2.24) is 16.0 Å². The van der Waals surface area contributed by atoms with Gasteiger partial charge in [-0.2, -0.15) is 10.5 Å². The van der Waals surface area contributed by atoms with E-state index in [4.69, 9.17) is 31.6 Å². The van der Waals surface area contributed by atoms with Crippen molar-refractivity contribution in [2.45, 2.75) is 104 Å². The van der Waals surface area contributed by atoms with Gasteiger partial charge in [0.1, 0.15) is 11.2 Å². The van der Waals surface area contributed by atoms with Gasteiger partial charge in [0.15, 0.2) is 0 Å². The number of aliphatic hydroxyl groups excluding tert-OH is 2. The zero-order valence-electron chi connectivity index (χ0n) is 29.3. The number of nitrogens with one attached hydrogen (secondary N) is 3. The number of hydrogen-bond acceptors (Lipinski definition) is 9. The van der Waals surface area contributed by atoms with E-state index in [1.165, 1.54) is 0 Å². The van der Waals surface area contributed by atoms with Gasteiger partial charge in [-0.05, 0) is 102 Å². The van der Waals surface area contributed by atoms with E-state index in [-0.39, 0.29) is 5.88 Å². The smallest absolute Gasteiger partial charge is 0.407 e. The van der Waals surface area contributed by atoms with E-state index < -0.39 is 47.7 Å². The number of nitrogens with zero attached hydrogens (tertiary/aromatic N) is 2. The van der Waals surface area contributed by atoms with Crippen molar-refractivity contribution in [2.24, 2.45) is 5.92 Å². The average Bonchev–Trinajstić information content (AvgIpc) is 2.99. The Morgan fingerprint density at radius 1 is 0.729 bits per heavy atom. The highest BCUT2D eigenvalue weighted by Crippen LogP contribution is 2.13. The maximum absolute atomic E-state index is 12.1. The molecule has 2 rings (SSSR count). The highest BCUT2D eigenvalue weighted by atomic mass is 35.5. The first-order valence-electron chi connectivity index (χ1n) is 16.0. The molecule has 0 aromatic heterocycles. The fraction of sp³-hybridized carbons (Fsp3) is 0.556. The van der Waals surface area contributed by atoms with Gasteiger partial charge in [0.05, 0.1) is 53.4 Å². The maximum atomic E-state index is 12.1. The van der Waals surface area contributed by atoms with Crippen molar-refractivity contribution >= 4 is 23.8 Å². The van der Waals surface area contributed by atoms with Crippen molar-refractivity contribution in [3.63, 3.8) is 0 Å². The van der Waals surface area contributed by atoms with Crippen LogP contribution >= 0.6 is 11.6 Å². The molecule has 11 nitrogen and oxygen atoms in total. The van der Waals surface area contributed by atoms with Gasteiger partial charge in [-0.25, -0.2) is 9.59 Å². The molecule has 12 heteroatoms. The fourth-order valence-electron chi connectivity index (χ4n) is 4.19. The van der Waals surface area contributed by atoms with Crippen LogP contribution in [0.4, 0.5) is 9.59 Å². The molecule has 0 unspecified atom stereocenters. The van der Waals surface area contributed by atoms with Crippen LogP contribution in [0.3, 0.4) is 0 Å². The zero-order chi connectivity index (χ0) is 36.5. The third kappa shape index (κ3) is 18.5. The second-order valence-corrected chi connectivity index (χ2v) is 14.2. The second-order valence-electron chi connectivity index (χ2n) is 13.9. The summed E-state index contributed by atoms with van der Waals surface area (Å²) in [6.07, 6.45) is -2.00. The Morgan fingerprint density at radius 3 is 1.42 bits per heavy atom. The number of carbonyl (C=O) groups is 2. The molecule has 48 heavy (non-hydrogen) atoms. The summed E-state index contributed by atoms with van der Waals surface area (Å²) < 4.78 is 10.5. The van der Waals surface area contributed by atoms with E-state index in [0.717, 1.165) is 17.7 Å². The quantitative estimate of drug-likeness (QED) is 0.178. The molecule has 2 aromatic carbocycles. The average molecular weight is 686 g/mol. The summed E-state index contributed by atoms with van der Waals surface area (Å²) in [5.74, 6) is 0.467. The molecule has 2 aromatic rings. The van der Waals surface area contributed by atoms with Crippen molar-refractivity contribution in [1.29, 1.82) is 10.5 Å². The van der Waals surface area contributed by atoms with E-state index in [9.17, 15) is 19.8 Å². The molecule has 0 saturated carbocycles. The monoisotopic (exact) mass is 685 g/mol. The van der Waals surface area contributed by atoms with Crippen LogP contribution in [0.2, 0.25) is 0 Å². The van der Waals surface area contributed by atoms with Crippen molar-refractivity contribution in [3.05, 3.63) is 70.8 Å². The van der Waals surface area contributed by atoms with Crippen LogP contribution < -0.4 is 16.0 Å². The summed E-state index contributed by atoms with van der Waals surface area (Å²) in [7, 11) is 0. The van der Waals surface area contributed by atoms with Gasteiger partial charge >= 0.3 is 12.2 Å². The lowest BCUT2D eigenvalue weighted by Gasteiger charge is -2.27. The van der Waals surface area contributed by atoms with E-state index in [2.05, 4.69) is 35.9 Å². The summed E-state index contributed by atoms with van der Waals surface area (Å²) in [6.45, 7) is 16.0. The Hall–Kier alpha value is -3.87. The molecular weight excluding hydrogens is 634 g/mol. The largest absolute Gasteiger partial charge is 0.444 e. The minimum absolute atomic E-state index is 0.00323. The maximum Gasteiger partial charge on any atom is 0.407 e. The summed E-state index contributed by atoms with van der Waals surface area (Å²) >= 11 is 5.69. The van der Waals surface area contributed by atoms with Gasteiger partial charge in [0, 0.05) is 6.54 Å². The Kier molecular flexibility index (Phi) is 18.0. The lowest BCUT2D eigenvalue weighted by molar-refractivity contribution is 0.0418. The molecule has 0 bridgehead atoms. The number of amides is 2. The van der Waals surface area contributed by atoms with Gasteiger partial charge in [-0.15, -0.1) is 11.6 Å². The molecule has 2 amide bonds. The summed E-state index contributed by atoms with van der Waals surface area (Å²) in [5.41, 5.74) is 1.71. The SMILES string of the molecule is CC(C)(C)OC(=O)N[C@@H](Cc1ccc(C#N)cc1)[C@H](O)CCl.CC(C)CNC[C@@H](O)[C@H](Cc1ccc(C#N)cc1)NC(=O)OC(C)(C)C. The highest BCUT2D eigenvalue weighted by Gasteiger charge is 2.26. The number of aliphatic hydroxyl groups is 2. The number of hydrogen-bond donors (Lipinski definition) is 5. The predicted octanol–water partition coefficient (Wildman–Crippen LogP) is 5.19. The van der Waals surface area contributed by atoms with Crippen molar-refractivity contribution in [2.75, 3.05) is 19.0 Å². The Bertz CT molecular complexity index is 1340. The van der Waals surface area contributed by atoms with Crippen LogP contribution in [0.15, 0.2) is 48.5 Å². The molecular formula is C36H52ClN5O6. The molecule has 0 spiro atoms. The summed E-state index contributed by atoms with van der Waals surface area (Å²) in [6, 6.07) is 17.1. The molecule has 0 aliphatic heterocycles. The van der Waals surface area contributed by atoms with E-state index in [1.807, 2.05) is 18.2 Å². The number of rotatable bonds is 13. The zero-order valence-corrected chi connectivity index (χ0v) is 30.1. The molecule has 0 fully saturated rings. The van der Waals surface area contributed by atoms with Crippen molar-refractivity contribution in [3.8, 4) is 12.1 Å². The van der Waals surface area contributed by atoms with Gasteiger partial charge in [0.25, 0.3) is 0 Å². The number of alkyl halides is 1. The minimum Gasteiger partial charge on any atom is -0.444 e. The van der Waals surface area contributed by atoms with E-state index >= 15 is 0 Å². The summed E-state index contributed by atoms with van der Waals surface area (Å²) in [4.78, 5) is 24.0. The molecule has 0 saturated heterocycles. The normalized spacial score (nSPS) is 13.8. The number of alkyl carbamates (subject to hydrolysis) is 2. The van der Waals surface area contributed by atoms with Gasteiger partial charge < -0.3 is 35.6 Å². The Balaban J connectivity index is 0.000000487. The predicted molar refractivity (Wildman–Crippen MR) is 186 cm³/mol. The fourth-order valence-corrected chi connectivity index (χ4v) is 4.41. The first-order chi connectivity index (χ1) is 22.3. The topological polar surface area (TPSA) is 177 Å². The standard InChI is InChI=1S/C20H31N3O3.C16H21ClN2O3/c1-14(2)12-22-13-18(24)17(23-19(25)26-20(3,4)5)10-15-6-8-16(11-21)9-7-15;1-16(2,3)22-15(21)19-13(14(20)9-17)8-11-4-6-12(10-18)7-5-11/h6-9,14,17-18,22,24H,10,12-13H2,1-5H3,(H,23,25);4-7,13-14,20H,8-9H2,1-3H3,(H,19,21)/t17-,18+;13-,14+/m00/s1. The first-order valence-corrected chi connectivity index (χ1v) is 16.5. The van der Waals surface area contributed by atoms with Crippen LogP contribution in [0, 0.1) is 28.6 Å². The third-order valence-corrected chi connectivity index (χ3v) is 6.79. The number of halogens is 1. The summed E-state index contributed by atoms with van der Waals surface area (Å²) in [5, 5.41) is 46.8. The first kappa shape index (κ1) is 42.2. The highest BCUT2D eigenvalue weighted by molar-refractivity contribution is 6.18. The number of benzene rings is 2. The molecule has 4 atom stereocenters. The van der Waals surface area contributed by atoms with Gasteiger partial charge in [-0.1, -0.05) is 38.1 Å². The Labute approximate surface area is 290 Å². The minimum atomic E-state index is -0.898. The molecule has 0 aliphatic rings. The van der Waals surface area contributed by atoms with Crippen LogP contribution in [0.25, 0.3) is 0 Å². The van der Waals surface area contributed by atoms with Gasteiger partial charge in [-0.3, -0.25) is 0 Å². The molecule has 264 valence electrons. The number of ether oxygens (including phenoxy) is 2. The van der Waals surface area contributed by atoms with Crippen LogP contribution in [-0.2, 0) is 22.3 Å². The van der Waals surface area contributed by atoms with E-state index in [1.54, 1.807) is 77.9 Å². The van der Waals surface area contributed by atoms with Crippen LogP contribution in [-0.4, -0.2) is 76.9 Å². The number of nitriles is 2.